The number of amides is 2. The zero-order chi connectivity index (χ0) is 18.3. The van der Waals surface area contributed by atoms with Gasteiger partial charge in [0.1, 0.15) is 0 Å². The Labute approximate surface area is 149 Å². The third kappa shape index (κ3) is 6.05. The van der Waals surface area contributed by atoms with Gasteiger partial charge in [-0.1, -0.05) is 37.3 Å². The first-order valence-corrected chi connectivity index (χ1v) is 8.72. The minimum Gasteiger partial charge on any atom is -0.481 e. The Bertz CT molecular complexity index is 570. The molecule has 0 spiro atoms. The first-order valence-electron chi connectivity index (χ1n) is 8.72. The summed E-state index contributed by atoms with van der Waals surface area (Å²) < 4.78 is 5.12. The van der Waals surface area contributed by atoms with Crippen LogP contribution in [0.15, 0.2) is 30.3 Å². The number of hydrogen-bond donors (Lipinski definition) is 2. The lowest BCUT2D eigenvalue weighted by atomic mass is 9.79. The van der Waals surface area contributed by atoms with Crippen molar-refractivity contribution < 1.29 is 19.4 Å². The summed E-state index contributed by atoms with van der Waals surface area (Å²) in [5, 5.41) is 12.0. The zero-order valence-electron chi connectivity index (χ0n) is 15.0. The molecule has 0 radical (unpaired) electrons. The molecule has 6 nitrogen and oxygen atoms in total. The maximum absolute atomic E-state index is 12.5. The Hall–Kier alpha value is -2.08. The number of nitrogens with zero attached hydrogens (tertiary/aromatic N) is 1. The van der Waals surface area contributed by atoms with Gasteiger partial charge in [0.05, 0.1) is 0 Å². The molecule has 25 heavy (non-hydrogen) atoms. The summed E-state index contributed by atoms with van der Waals surface area (Å²) in [4.78, 5) is 25.1. The molecule has 1 aromatic rings. The normalized spacial score (nSPS) is 16.8. The van der Waals surface area contributed by atoms with Gasteiger partial charge in [0.25, 0.3) is 0 Å². The van der Waals surface area contributed by atoms with Crippen molar-refractivity contribution in [1.82, 2.24) is 10.2 Å². The highest BCUT2D eigenvalue weighted by atomic mass is 16.5. The lowest BCUT2D eigenvalue weighted by Crippen LogP contribution is -2.61. The van der Waals surface area contributed by atoms with E-state index in [1.165, 1.54) is 0 Å². The van der Waals surface area contributed by atoms with Gasteiger partial charge in [0.15, 0.2) is 0 Å². The molecule has 1 aliphatic rings. The molecule has 2 N–H and O–H groups in total. The number of urea groups is 1. The van der Waals surface area contributed by atoms with Crippen LogP contribution in [-0.2, 0) is 16.0 Å². The third-order valence-corrected chi connectivity index (χ3v) is 4.70. The van der Waals surface area contributed by atoms with E-state index in [9.17, 15) is 9.59 Å². The first-order chi connectivity index (χ1) is 11.9. The maximum atomic E-state index is 12.5. The van der Waals surface area contributed by atoms with Gasteiger partial charge in [-0.3, -0.25) is 4.79 Å². The second-order valence-corrected chi connectivity index (χ2v) is 7.18. The number of rotatable bonds is 9. The fraction of sp³-hybridized carbons (Fsp3) is 0.579. The maximum Gasteiger partial charge on any atom is 0.317 e. The van der Waals surface area contributed by atoms with Gasteiger partial charge in [-0.2, -0.15) is 0 Å². The third-order valence-electron chi connectivity index (χ3n) is 4.70. The molecule has 1 unspecified atom stereocenters. The van der Waals surface area contributed by atoms with Crippen molar-refractivity contribution in [2.45, 2.75) is 38.6 Å². The summed E-state index contributed by atoms with van der Waals surface area (Å²) in [6.07, 6.45) is 2.03. The van der Waals surface area contributed by atoms with Crippen LogP contribution in [0.5, 0.6) is 0 Å². The highest BCUT2D eigenvalue weighted by molar-refractivity contribution is 5.75. The Morgan fingerprint density at radius 2 is 2.00 bits per heavy atom. The Balaban J connectivity index is 1.87. The van der Waals surface area contributed by atoms with E-state index in [0.29, 0.717) is 32.5 Å². The van der Waals surface area contributed by atoms with Gasteiger partial charge >= 0.3 is 12.0 Å². The minimum atomic E-state index is -0.844. The molecule has 1 aliphatic heterocycles. The number of carbonyl (C=O) groups excluding carboxylic acids is 1. The molecule has 1 saturated heterocycles. The van der Waals surface area contributed by atoms with Crippen LogP contribution >= 0.6 is 0 Å². The lowest BCUT2D eigenvalue weighted by Gasteiger charge is -2.48. The standard InChI is InChI=1S/C19H28N2O4/c1-19(10-11-25-2)13-21(14-19)18(24)20-16(8-9-17(22)23)12-15-6-4-3-5-7-15/h3-7,16H,8-14H2,1-2H3,(H,20,24)(H,22,23). The second-order valence-electron chi connectivity index (χ2n) is 7.18. The van der Waals surface area contributed by atoms with E-state index in [1.54, 1.807) is 12.0 Å². The number of nitrogens with one attached hydrogen (secondary N) is 1. The topological polar surface area (TPSA) is 78.9 Å². The van der Waals surface area contributed by atoms with Crippen molar-refractivity contribution in [3.05, 3.63) is 35.9 Å². The van der Waals surface area contributed by atoms with Crippen LogP contribution in [0.1, 0.15) is 31.7 Å². The Kier molecular flexibility index (Phi) is 6.82. The van der Waals surface area contributed by atoms with E-state index in [0.717, 1.165) is 12.0 Å². The molecule has 0 saturated carbocycles. The molecule has 0 aromatic heterocycles. The van der Waals surface area contributed by atoms with E-state index >= 15 is 0 Å². The SMILES string of the molecule is COCCC1(C)CN(C(=O)NC(CCC(=O)O)Cc2ccccc2)C1. The molecule has 1 aromatic carbocycles. The summed E-state index contributed by atoms with van der Waals surface area (Å²) >= 11 is 0. The number of benzene rings is 1. The molecule has 1 fully saturated rings. The molecular formula is C19H28N2O4. The number of carbonyl (C=O) groups is 2. The molecule has 1 heterocycles. The van der Waals surface area contributed by atoms with Gasteiger partial charge in [0, 0.05) is 44.7 Å². The van der Waals surface area contributed by atoms with E-state index in [-0.39, 0.29) is 23.9 Å². The highest BCUT2D eigenvalue weighted by Crippen LogP contribution is 2.33. The molecule has 6 heteroatoms. The van der Waals surface area contributed by atoms with Crippen LogP contribution in [0, 0.1) is 5.41 Å². The second kappa shape index (κ2) is 8.85. The van der Waals surface area contributed by atoms with Crippen LogP contribution in [0.2, 0.25) is 0 Å². The monoisotopic (exact) mass is 348 g/mol. The van der Waals surface area contributed by atoms with Crippen molar-refractivity contribution in [3.63, 3.8) is 0 Å². The number of ether oxygens (including phenoxy) is 1. The molecule has 2 amide bonds. The number of methoxy groups -OCH3 is 1. The van der Waals surface area contributed by atoms with Crippen molar-refractivity contribution in [2.75, 3.05) is 26.8 Å². The predicted octanol–water partition coefficient (Wildman–Crippen LogP) is 2.53. The Morgan fingerprint density at radius 3 is 2.60 bits per heavy atom. The summed E-state index contributed by atoms with van der Waals surface area (Å²) in [5.74, 6) is -0.844. The van der Waals surface area contributed by atoms with Gasteiger partial charge in [-0.25, -0.2) is 4.79 Å². The van der Waals surface area contributed by atoms with Gasteiger partial charge in [-0.15, -0.1) is 0 Å². The minimum absolute atomic E-state index is 0.0450. The van der Waals surface area contributed by atoms with Crippen molar-refractivity contribution in [3.8, 4) is 0 Å². The van der Waals surface area contributed by atoms with Crippen LogP contribution in [0.25, 0.3) is 0 Å². The van der Waals surface area contributed by atoms with Crippen molar-refractivity contribution in [1.29, 1.82) is 0 Å². The largest absolute Gasteiger partial charge is 0.481 e. The van der Waals surface area contributed by atoms with Gasteiger partial charge in [-0.05, 0) is 24.8 Å². The summed E-state index contributed by atoms with van der Waals surface area (Å²) in [7, 11) is 1.68. The number of likely N-dealkylation sites (tertiary alicyclic amines) is 1. The fourth-order valence-corrected chi connectivity index (χ4v) is 3.21. The fourth-order valence-electron chi connectivity index (χ4n) is 3.21. The first kappa shape index (κ1) is 19.2. The van der Waals surface area contributed by atoms with E-state index in [2.05, 4.69) is 12.2 Å². The van der Waals surface area contributed by atoms with Crippen LogP contribution < -0.4 is 5.32 Å². The van der Waals surface area contributed by atoms with E-state index < -0.39 is 5.97 Å². The van der Waals surface area contributed by atoms with Gasteiger partial charge < -0.3 is 20.1 Å². The number of aliphatic carboxylic acids is 1. The predicted molar refractivity (Wildman–Crippen MR) is 95.5 cm³/mol. The average molecular weight is 348 g/mol. The number of carboxylic acids is 1. The molecule has 2 rings (SSSR count). The smallest absolute Gasteiger partial charge is 0.317 e. The summed E-state index contributed by atoms with van der Waals surface area (Å²) in [6, 6.07) is 9.52. The molecule has 0 bridgehead atoms. The average Bonchev–Trinajstić information content (AvgIpc) is 2.56. The van der Waals surface area contributed by atoms with Crippen molar-refractivity contribution >= 4 is 12.0 Å². The lowest BCUT2D eigenvalue weighted by molar-refractivity contribution is -0.137. The van der Waals surface area contributed by atoms with E-state index in [4.69, 9.17) is 9.84 Å². The highest BCUT2D eigenvalue weighted by Gasteiger charge is 2.41. The quantitative estimate of drug-likeness (QED) is 0.719. The van der Waals surface area contributed by atoms with Gasteiger partial charge in [0.2, 0.25) is 0 Å². The summed E-state index contributed by atoms with van der Waals surface area (Å²) in [6.45, 7) is 4.27. The molecule has 0 aliphatic carbocycles. The number of carboxylic acid groups (broad SMARTS) is 1. The Morgan fingerprint density at radius 1 is 1.32 bits per heavy atom. The molecule has 138 valence electrons. The van der Waals surface area contributed by atoms with Crippen molar-refractivity contribution in [2.24, 2.45) is 5.41 Å². The molecular weight excluding hydrogens is 320 g/mol. The zero-order valence-corrected chi connectivity index (χ0v) is 15.0. The van der Waals surface area contributed by atoms with Crippen LogP contribution in [0.4, 0.5) is 4.79 Å². The van der Waals surface area contributed by atoms with E-state index in [1.807, 2.05) is 30.3 Å². The van der Waals surface area contributed by atoms with Crippen LogP contribution in [0.3, 0.4) is 0 Å². The number of hydrogen-bond acceptors (Lipinski definition) is 3. The summed E-state index contributed by atoms with van der Waals surface area (Å²) in [5.41, 5.74) is 1.20. The molecule has 1 atom stereocenters. The van der Waals surface area contributed by atoms with Crippen LogP contribution in [-0.4, -0.2) is 54.9 Å².